The fourth-order valence-electron chi connectivity index (χ4n) is 3.48. The van der Waals surface area contributed by atoms with Crippen LogP contribution in [0.1, 0.15) is 0 Å². The molecular formula is C27H22N6. The van der Waals surface area contributed by atoms with E-state index in [0.717, 1.165) is 28.2 Å². The highest BCUT2D eigenvalue weighted by Crippen LogP contribution is 2.31. The molecule has 0 saturated heterocycles. The molecule has 6 nitrogen and oxygen atoms in total. The van der Waals surface area contributed by atoms with E-state index >= 15 is 0 Å². The number of rotatable bonds is 6. The van der Waals surface area contributed by atoms with Gasteiger partial charge < -0.3 is 5.32 Å². The van der Waals surface area contributed by atoms with Gasteiger partial charge in [-0.1, -0.05) is 91.0 Å². The maximum absolute atomic E-state index is 6.61. The second kappa shape index (κ2) is 9.30. The lowest BCUT2D eigenvalue weighted by atomic mass is 10.2. The lowest BCUT2D eigenvalue weighted by Crippen LogP contribution is -2.28. The number of anilines is 4. The molecule has 4 aromatic carbocycles. The van der Waals surface area contributed by atoms with E-state index in [1.165, 1.54) is 5.01 Å². The van der Waals surface area contributed by atoms with Crippen LogP contribution in [0.3, 0.4) is 0 Å². The highest BCUT2D eigenvalue weighted by Gasteiger charge is 2.17. The van der Waals surface area contributed by atoms with Gasteiger partial charge in [-0.3, -0.25) is 0 Å². The summed E-state index contributed by atoms with van der Waals surface area (Å²) in [6, 6.07) is 37.4. The third kappa shape index (κ3) is 4.56. The lowest BCUT2D eigenvalue weighted by molar-refractivity contribution is 0.953. The number of aromatic nitrogens is 3. The number of nitrogens with one attached hydrogen (secondary N) is 1. The van der Waals surface area contributed by atoms with Gasteiger partial charge in [-0.05, 0) is 24.3 Å². The van der Waals surface area contributed by atoms with Crippen molar-refractivity contribution in [1.82, 2.24) is 15.0 Å². The third-order valence-electron chi connectivity index (χ3n) is 5.12. The molecule has 160 valence electrons. The van der Waals surface area contributed by atoms with Gasteiger partial charge in [-0.15, -0.1) is 0 Å². The highest BCUT2D eigenvalue weighted by atomic mass is 15.5. The largest absolute Gasteiger partial charge is 0.354 e. The molecule has 6 heteroatoms. The molecule has 0 atom stereocenters. The van der Waals surface area contributed by atoms with Crippen LogP contribution in [-0.2, 0) is 0 Å². The van der Waals surface area contributed by atoms with Crippen molar-refractivity contribution in [1.29, 1.82) is 0 Å². The summed E-state index contributed by atoms with van der Waals surface area (Å²) in [6.07, 6.45) is 0. The van der Waals surface area contributed by atoms with Crippen LogP contribution in [0.2, 0.25) is 0 Å². The summed E-state index contributed by atoms with van der Waals surface area (Å²) in [5.74, 6) is 8.07. The molecule has 0 aliphatic carbocycles. The number of benzene rings is 4. The van der Waals surface area contributed by atoms with Crippen LogP contribution < -0.4 is 16.2 Å². The maximum atomic E-state index is 6.61. The Labute approximate surface area is 192 Å². The van der Waals surface area contributed by atoms with Gasteiger partial charge in [0.25, 0.3) is 0 Å². The molecule has 3 N–H and O–H groups in total. The van der Waals surface area contributed by atoms with Crippen LogP contribution >= 0.6 is 0 Å². The fraction of sp³-hybridized carbons (Fsp3) is 0. The van der Waals surface area contributed by atoms with Crippen LogP contribution in [0.15, 0.2) is 115 Å². The van der Waals surface area contributed by atoms with E-state index in [2.05, 4.69) is 5.32 Å². The van der Waals surface area contributed by atoms with Crippen molar-refractivity contribution in [3.05, 3.63) is 115 Å². The van der Waals surface area contributed by atoms with Crippen LogP contribution in [-0.4, -0.2) is 15.0 Å². The predicted molar refractivity (Wildman–Crippen MR) is 133 cm³/mol. The molecule has 5 aromatic rings. The van der Waals surface area contributed by atoms with E-state index in [9.17, 15) is 0 Å². The van der Waals surface area contributed by atoms with Crippen molar-refractivity contribution in [3.63, 3.8) is 0 Å². The fourth-order valence-corrected chi connectivity index (χ4v) is 3.48. The van der Waals surface area contributed by atoms with Crippen LogP contribution in [0.25, 0.3) is 22.8 Å². The Morgan fingerprint density at radius 2 is 1.03 bits per heavy atom. The van der Waals surface area contributed by atoms with Gasteiger partial charge in [0.1, 0.15) is 0 Å². The Bertz CT molecular complexity index is 1280. The molecule has 0 saturated carbocycles. The van der Waals surface area contributed by atoms with Crippen LogP contribution in [0.5, 0.6) is 0 Å². The van der Waals surface area contributed by atoms with E-state index in [1.807, 2.05) is 115 Å². The molecule has 0 fully saturated rings. The average molecular weight is 431 g/mol. The minimum atomic E-state index is 0.352. The van der Waals surface area contributed by atoms with Crippen molar-refractivity contribution in [2.75, 3.05) is 10.3 Å². The number of nitrogens with zero attached hydrogens (tertiary/aromatic N) is 4. The standard InChI is InChI=1S/C27H22N6/c28-33(24-19-11-10-18-23(24)29-22-16-8-3-9-17-22)27-31-25(20-12-4-1-5-13-20)30-26(32-27)21-14-6-2-7-15-21/h1-19,29H,28H2. The Hall–Kier alpha value is -4.55. The highest BCUT2D eigenvalue weighted by molar-refractivity contribution is 5.78. The summed E-state index contributed by atoms with van der Waals surface area (Å²) in [7, 11) is 0. The summed E-state index contributed by atoms with van der Waals surface area (Å²) in [5, 5.41) is 4.91. The van der Waals surface area contributed by atoms with Gasteiger partial charge in [-0.2, -0.15) is 9.97 Å². The van der Waals surface area contributed by atoms with Crippen molar-refractivity contribution >= 4 is 23.0 Å². The summed E-state index contributed by atoms with van der Waals surface area (Å²) < 4.78 is 0. The third-order valence-corrected chi connectivity index (χ3v) is 5.12. The van der Waals surface area contributed by atoms with Crippen LogP contribution in [0.4, 0.5) is 23.0 Å². The number of nitrogens with two attached hydrogens (primary N) is 1. The first-order chi connectivity index (χ1) is 16.3. The first-order valence-corrected chi connectivity index (χ1v) is 10.6. The van der Waals surface area contributed by atoms with Crippen LogP contribution in [0, 0.1) is 0 Å². The number of hydrogen-bond donors (Lipinski definition) is 2. The zero-order valence-corrected chi connectivity index (χ0v) is 17.8. The molecule has 0 radical (unpaired) electrons. The molecule has 33 heavy (non-hydrogen) atoms. The van der Waals surface area contributed by atoms with Gasteiger partial charge in [-0.25, -0.2) is 15.8 Å². The van der Waals surface area contributed by atoms with E-state index in [4.69, 9.17) is 20.8 Å². The van der Waals surface area contributed by atoms with Gasteiger partial charge in [0, 0.05) is 16.8 Å². The van der Waals surface area contributed by atoms with Crippen molar-refractivity contribution < 1.29 is 0 Å². The number of hydrazine groups is 1. The predicted octanol–water partition coefficient (Wildman–Crippen LogP) is 5.96. The summed E-state index contributed by atoms with van der Waals surface area (Å²) in [6.45, 7) is 0. The zero-order valence-electron chi connectivity index (χ0n) is 17.8. The summed E-state index contributed by atoms with van der Waals surface area (Å²) in [4.78, 5) is 14.1. The molecule has 0 unspecified atom stereocenters. The van der Waals surface area contributed by atoms with E-state index < -0.39 is 0 Å². The molecule has 0 amide bonds. The first-order valence-electron chi connectivity index (χ1n) is 10.6. The van der Waals surface area contributed by atoms with E-state index in [1.54, 1.807) is 0 Å². The van der Waals surface area contributed by atoms with Gasteiger partial charge in [0.2, 0.25) is 5.95 Å². The SMILES string of the molecule is NN(c1nc(-c2ccccc2)nc(-c2ccccc2)n1)c1ccccc1Nc1ccccc1. The van der Waals surface area contributed by atoms with E-state index in [0.29, 0.717) is 17.6 Å². The van der Waals surface area contributed by atoms with Crippen molar-refractivity contribution in [2.24, 2.45) is 5.84 Å². The smallest absolute Gasteiger partial charge is 0.248 e. The summed E-state index contributed by atoms with van der Waals surface area (Å²) in [5.41, 5.74) is 4.33. The van der Waals surface area contributed by atoms with E-state index in [-0.39, 0.29) is 0 Å². The Balaban J connectivity index is 1.59. The number of para-hydroxylation sites is 3. The monoisotopic (exact) mass is 430 g/mol. The lowest BCUT2D eigenvalue weighted by Gasteiger charge is -2.21. The Morgan fingerprint density at radius 1 is 0.545 bits per heavy atom. The summed E-state index contributed by atoms with van der Waals surface area (Å²) >= 11 is 0. The first kappa shape index (κ1) is 20.4. The molecule has 1 heterocycles. The quantitative estimate of drug-likeness (QED) is 0.256. The topological polar surface area (TPSA) is 80.0 Å². The molecule has 1 aromatic heterocycles. The molecule has 5 rings (SSSR count). The molecule has 0 spiro atoms. The van der Waals surface area contributed by atoms with Gasteiger partial charge in [0.15, 0.2) is 11.6 Å². The molecular weight excluding hydrogens is 408 g/mol. The second-order valence-corrected chi connectivity index (χ2v) is 7.39. The van der Waals surface area contributed by atoms with Crippen molar-refractivity contribution in [2.45, 2.75) is 0 Å². The number of hydrogen-bond acceptors (Lipinski definition) is 6. The molecule has 0 aliphatic rings. The molecule has 0 aliphatic heterocycles. The normalized spacial score (nSPS) is 10.6. The second-order valence-electron chi connectivity index (χ2n) is 7.39. The zero-order chi connectivity index (χ0) is 22.5. The van der Waals surface area contributed by atoms with Gasteiger partial charge >= 0.3 is 0 Å². The Morgan fingerprint density at radius 3 is 1.61 bits per heavy atom. The average Bonchev–Trinajstić information content (AvgIpc) is 2.90. The maximum Gasteiger partial charge on any atom is 0.248 e. The Kier molecular flexibility index (Phi) is 5.74. The van der Waals surface area contributed by atoms with Gasteiger partial charge in [0.05, 0.1) is 11.4 Å². The minimum Gasteiger partial charge on any atom is -0.354 e. The minimum absolute atomic E-state index is 0.352. The van der Waals surface area contributed by atoms with Crippen molar-refractivity contribution in [3.8, 4) is 22.8 Å². The molecule has 0 bridgehead atoms.